The summed E-state index contributed by atoms with van der Waals surface area (Å²) in [6.45, 7) is 0.923. The minimum Gasteiger partial charge on any atom is -0.355 e. The predicted octanol–water partition coefficient (Wildman–Crippen LogP) is 3.37. The summed E-state index contributed by atoms with van der Waals surface area (Å²) in [5.74, 6) is -0.176. The minimum absolute atomic E-state index is 0.176. The molecule has 128 valence electrons. The van der Waals surface area contributed by atoms with Gasteiger partial charge in [-0.25, -0.2) is 0 Å². The van der Waals surface area contributed by atoms with E-state index in [0.717, 1.165) is 31.4 Å². The van der Waals surface area contributed by atoms with Crippen molar-refractivity contribution in [3.8, 4) is 0 Å². The minimum atomic E-state index is -4.40. The Morgan fingerprint density at radius 3 is 2.52 bits per heavy atom. The van der Waals surface area contributed by atoms with Gasteiger partial charge in [0.15, 0.2) is 0 Å². The molecule has 0 radical (unpaired) electrons. The molecule has 1 aromatic carbocycles. The molecule has 0 heterocycles. The van der Waals surface area contributed by atoms with Crippen LogP contribution >= 0.6 is 0 Å². The molecule has 0 bridgehead atoms. The Bertz CT molecular complexity index is 537. The average molecular weight is 328 g/mol. The molecule has 1 aromatic rings. The van der Waals surface area contributed by atoms with E-state index in [9.17, 15) is 18.0 Å². The van der Waals surface area contributed by atoms with Gasteiger partial charge in [-0.2, -0.15) is 13.2 Å². The van der Waals surface area contributed by atoms with Gasteiger partial charge in [-0.15, -0.1) is 0 Å². The zero-order valence-electron chi connectivity index (χ0n) is 13.1. The Morgan fingerprint density at radius 2 is 1.91 bits per heavy atom. The summed E-state index contributed by atoms with van der Waals surface area (Å²) in [7, 11) is 0. The highest BCUT2D eigenvalue weighted by Crippen LogP contribution is 2.41. The van der Waals surface area contributed by atoms with Gasteiger partial charge >= 0.3 is 6.18 Å². The molecule has 0 unspecified atom stereocenters. The Morgan fingerprint density at radius 1 is 1.22 bits per heavy atom. The first-order valence-electron chi connectivity index (χ1n) is 8.06. The van der Waals surface area contributed by atoms with Crippen molar-refractivity contribution in [2.24, 2.45) is 5.73 Å². The van der Waals surface area contributed by atoms with Crippen LogP contribution in [0.4, 0.5) is 13.2 Å². The SMILES string of the molecule is NCCCNC(=O)C1(c2cccc(C(F)(F)F)c2)CCCCC1. The molecule has 0 aliphatic heterocycles. The third-order valence-corrected chi connectivity index (χ3v) is 4.55. The van der Waals surface area contributed by atoms with Gasteiger partial charge < -0.3 is 11.1 Å². The van der Waals surface area contributed by atoms with Crippen molar-refractivity contribution in [2.45, 2.75) is 50.1 Å². The molecule has 0 saturated heterocycles. The fraction of sp³-hybridized carbons (Fsp3) is 0.588. The van der Waals surface area contributed by atoms with Crippen LogP contribution in [-0.2, 0) is 16.4 Å². The molecule has 1 amide bonds. The molecule has 0 spiro atoms. The lowest BCUT2D eigenvalue weighted by molar-refractivity contribution is -0.138. The summed E-state index contributed by atoms with van der Waals surface area (Å²) in [6, 6.07) is 5.21. The van der Waals surface area contributed by atoms with Crippen LogP contribution in [0.25, 0.3) is 0 Å². The fourth-order valence-electron chi connectivity index (χ4n) is 3.27. The van der Waals surface area contributed by atoms with Crippen molar-refractivity contribution < 1.29 is 18.0 Å². The van der Waals surface area contributed by atoms with E-state index >= 15 is 0 Å². The Balaban J connectivity index is 2.33. The number of carbonyl (C=O) groups excluding carboxylic acids is 1. The number of rotatable bonds is 5. The highest BCUT2D eigenvalue weighted by atomic mass is 19.4. The zero-order valence-corrected chi connectivity index (χ0v) is 13.1. The van der Waals surface area contributed by atoms with Gasteiger partial charge in [0.25, 0.3) is 0 Å². The van der Waals surface area contributed by atoms with Crippen LogP contribution < -0.4 is 11.1 Å². The van der Waals surface area contributed by atoms with Gasteiger partial charge in [0.1, 0.15) is 0 Å². The van der Waals surface area contributed by atoms with E-state index in [1.54, 1.807) is 6.07 Å². The Kier molecular flexibility index (Phi) is 5.68. The second kappa shape index (κ2) is 7.34. The van der Waals surface area contributed by atoms with Crippen LogP contribution in [0.5, 0.6) is 0 Å². The van der Waals surface area contributed by atoms with Crippen molar-refractivity contribution in [3.05, 3.63) is 35.4 Å². The molecule has 1 saturated carbocycles. The summed E-state index contributed by atoms with van der Waals surface area (Å²) in [5.41, 5.74) is 4.35. The number of carbonyl (C=O) groups is 1. The topological polar surface area (TPSA) is 55.1 Å². The Hall–Kier alpha value is -1.56. The molecule has 3 nitrogen and oxygen atoms in total. The number of benzene rings is 1. The molecule has 1 fully saturated rings. The van der Waals surface area contributed by atoms with Gasteiger partial charge in [-0.3, -0.25) is 4.79 Å². The molecule has 1 aliphatic carbocycles. The summed E-state index contributed by atoms with van der Waals surface area (Å²) in [5, 5.41) is 2.85. The number of hydrogen-bond acceptors (Lipinski definition) is 2. The van der Waals surface area contributed by atoms with Crippen LogP contribution in [-0.4, -0.2) is 19.0 Å². The monoisotopic (exact) mass is 328 g/mol. The summed E-state index contributed by atoms with van der Waals surface area (Å²) in [4.78, 5) is 12.7. The number of nitrogens with two attached hydrogens (primary N) is 1. The fourth-order valence-corrected chi connectivity index (χ4v) is 3.27. The highest BCUT2D eigenvalue weighted by Gasteiger charge is 2.42. The lowest BCUT2D eigenvalue weighted by atomic mass is 9.68. The quantitative estimate of drug-likeness (QED) is 0.814. The zero-order chi connectivity index (χ0) is 16.9. The third kappa shape index (κ3) is 4.05. The molecule has 0 atom stereocenters. The molecule has 2 rings (SSSR count). The highest BCUT2D eigenvalue weighted by molar-refractivity contribution is 5.88. The van der Waals surface area contributed by atoms with Gasteiger partial charge in [0.2, 0.25) is 5.91 Å². The molecule has 0 aromatic heterocycles. The van der Waals surface area contributed by atoms with E-state index in [-0.39, 0.29) is 5.91 Å². The summed E-state index contributed by atoms with van der Waals surface area (Å²) < 4.78 is 39.0. The summed E-state index contributed by atoms with van der Waals surface area (Å²) in [6.07, 6.45) is 0.135. The van der Waals surface area contributed by atoms with Crippen LogP contribution in [0.2, 0.25) is 0 Å². The van der Waals surface area contributed by atoms with Crippen molar-refractivity contribution in [1.29, 1.82) is 0 Å². The van der Waals surface area contributed by atoms with Crippen molar-refractivity contribution in [1.82, 2.24) is 5.32 Å². The second-order valence-electron chi connectivity index (χ2n) is 6.12. The van der Waals surface area contributed by atoms with Crippen molar-refractivity contribution in [3.63, 3.8) is 0 Å². The van der Waals surface area contributed by atoms with E-state index < -0.39 is 17.2 Å². The normalized spacial score (nSPS) is 17.7. The van der Waals surface area contributed by atoms with Gasteiger partial charge in [-0.05, 0) is 37.4 Å². The number of alkyl halides is 3. The number of nitrogens with one attached hydrogen (secondary N) is 1. The molecular weight excluding hydrogens is 305 g/mol. The maximum Gasteiger partial charge on any atom is 0.416 e. The number of hydrogen-bond donors (Lipinski definition) is 2. The second-order valence-corrected chi connectivity index (χ2v) is 6.12. The lowest BCUT2D eigenvalue weighted by Gasteiger charge is -2.36. The van der Waals surface area contributed by atoms with E-state index in [4.69, 9.17) is 5.73 Å². The van der Waals surface area contributed by atoms with Gasteiger partial charge in [0.05, 0.1) is 11.0 Å². The van der Waals surface area contributed by atoms with E-state index in [2.05, 4.69) is 5.32 Å². The molecular formula is C17H23F3N2O. The maximum absolute atomic E-state index is 13.0. The van der Waals surface area contributed by atoms with Crippen molar-refractivity contribution in [2.75, 3.05) is 13.1 Å². The van der Waals surface area contributed by atoms with E-state index in [0.29, 0.717) is 37.9 Å². The molecule has 3 N–H and O–H groups in total. The lowest BCUT2D eigenvalue weighted by Crippen LogP contribution is -2.46. The largest absolute Gasteiger partial charge is 0.416 e. The van der Waals surface area contributed by atoms with Crippen LogP contribution in [0.15, 0.2) is 24.3 Å². The molecule has 23 heavy (non-hydrogen) atoms. The number of halogens is 3. The average Bonchev–Trinajstić information content (AvgIpc) is 2.55. The predicted molar refractivity (Wildman–Crippen MR) is 82.9 cm³/mol. The van der Waals surface area contributed by atoms with E-state index in [1.807, 2.05) is 0 Å². The summed E-state index contributed by atoms with van der Waals surface area (Å²) >= 11 is 0. The third-order valence-electron chi connectivity index (χ3n) is 4.55. The first-order chi connectivity index (χ1) is 10.9. The first-order valence-corrected chi connectivity index (χ1v) is 8.06. The van der Waals surface area contributed by atoms with Crippen LogP contribution in [0.3, 0.4) is 0 Å². The smallest absolute Gasteiger partial charge is 0.355 e. The Labute approximate surface area is 134 Å². The number of amides is 1. The van der Waals surface area contributed by atoms with Gasteiger partial charge in [0, 0.05) is 6.54 Å². The molecule has 6 heteroatoms. The van der Waals surface area contributed by atoms with Gasteiger partial charge in [-0.1, -0.05) is 37.5 Å². The molecule has 1 aliphatic rings. The van der Waals surface area contributed by atoms with Crippen LogP contribution in [0, 0.1) is 0 Å². The van der Waals surface area contributed by atoms with Crippen LogP contribution in [0.1, 0.15) is 49.7 Å². The van der Waals surface area contributed by atoms with E-state index in [1.165, 1.54) is 6.07 Å². The maximum atomic E-state index is 13.0. The first kappa shape index (κ1) is 17.8. The standard InChI is InChI=1S/C17H23F3N2O/c18-17(19,20)14-7-4-6-13(12-14)16(8-2-1-3-9-16)15(23)22-11-5-10-21/h4,6-7,12H,1-3,5,8-11,21H2,(H,22,23). The van der Waals surface area contributed by atoms with Crippen molar-refractivity contribution >= 4 is 5.91 Å².